The third-order valence-electron chi connectivity index (χ3n) is 8.35. The summed E-state index contributed by atoms with van der Waals surface area (Å²) < 4.78 is 45.2. The van der Waals surface area contributed by atoms with Crippen LogP contribution >= 0.6 is 35.6 Å². The van der Waals surface area contributed by atoms with Crippen molar-refractivity contribution in [1.29, 1.82) is 0 Å². The molecule has 0 spiro atoms. The average molecular weight is 767 g/mol. The topological polar surface area (TPSA) is 64.1 Å². The fourth-order valence-corrected chi connectivity index (χ4v) is 6.04. The summed E-state index contributed by atoms with van der Waals surface area (Å²) in [4.78, 5) is 21.3. The van der Waals surface area contributed by atoms with Crippen molar-refractivity contribution in [3.63, 3.8) is 0 Å². The number of hydrogen-bond acceptors (Lipinski definition) is 6. The van der Waals surface area contributed by atoms with Crippen LogP contribution in [0.25, 0.3) is 6.08 Å². The van der Waals surface area contributed by atoms with Gasteiger partial charge in [-0.15, -0.1) is 12.4 Å². The molecule has 7 nitrogen and oxygen atoms in total. The second-order valence-electron chi connectivity index (χ2n) is 12.1. The number of benzene rings is 4. The van der Waals surface area contributed by atoms with Gasteiger partial charge in [0.2, 0.25) is 11.8 Å². The number of piperazine rings is 1. The van der Waals surface area contributed by atoms with E-state index in [9.17, 15) is 13.6 Å². The Morgan fingerprint density at radius 2 is 1.54 bits per heavy atom. The molecule has 5 aromatic rings. The van der Waals surface area contributed by atoms with Crippen molar-refractivity contribution in [3.05, 3.63) is 153 Å². The van der Waals surface area contributed by atoms with E-state index in [0.29, 0.717) is 78.1 Å². The van der Waals surface area contributed by atoms with E-state index < -0.39 is 0 Å². The first kappa shape index (κ1) is 38.6. The molecule has 1 amide bonds. The summed E-state index contributed by atoms with van der Waals surface area (Å²) in [6.07, 6.45) is 4.86. The van der Waals surface area contributed by atoms with Crippen molar-refractivity contribution >= 4 is 47.6 Å². The molecule has 12 heteroatoms. The van der Waals surface area contributed by atoms with Gasteiger partial charge in [0.15, 0.2) is 5.75 Å². The van der Waals surface area contributed by atoms with Crippen LogP contribution in [0.4, 0.5) is 8.78 Å². The number of pyridine rings is 1. The van der Waals surface area contributed by atoms with E-state index in [-0.39, 0.29) is 36.6 Å². The summed E-state index contributed by atoms with van der Waals surface area (Å²) in [7, 11) is 0. The Kier molecular flexibility index (Phi) is 13.5. The van der Waals surface area contributed by atoms with E-state index in [2.05, 4.69) is 9.88 Å². The van der Waals surface area contributed by atoms with Gasteiger partial charge in [-0.1, -0.05) is 53.5 Å². The van der Waals surface area contributed by atoms with E-state index in [1.165, 1.54) is 30.3 Å². The zero-order chi connectivity index (χ0) is 35.7. The highest BCUT2D eigenvalue weighted by atomic mass is 35.5. The first-order valence-corrected chi connectivity index (χ1v) is 17.1. The average Bonchev–Trinajstić information content (AvgIpc) is 3.13. The van der Waals surface area contributed by atoms with E-state index >= 15 is 0 Å². The van der Waals surface area contributed by atoms with Gasteiger partial charge in [-0.25, -0.2) is 13.8 Å². The molecule has 6 rings (SSSR count). The van der Waals surface area contributed by atoms with Gasteiger partial charge in [0, 0.05) is 61.0 Å². The molecule has 270 valence electrons. The molecular formula is C40H36Cl3F2N3O4. The number of aryl methyl sites for hydroxylation is 1. The Balaban J connectivity index is 0.00000523. The molecule has 1 fully saturated rings. The fourth-order valence-electron chi connectivity index (χ4n) is 5.53. The van der Waals surface area contributed by atoms with Gasteiger partial charge in [0.05, 0.1) is 11.2 Å². The first-order chi connectivity index (χ1) is 24.7. The number of rotatable bonds is 12. The van der Waals surface area contributed by atoms with Crippen LogP contribution in [0.15, 0.2) is 103 Å². The highest BCUT2D eigenvalue weighted by molar-refractivity contribution is 6.32. The zero-order valence-electron chi connectivity index (χ0n) is 28.2. The third kappa shape index (κ3) is 10.4. The van der Waals surface area contributed by atoms with Crippen molar-refractivity contribution in [2.45, 2.75) is 26.7 Å². The van der Waals surface area contributed by atoms with Gasteiger partial charge in [0.1, 0.15) is 36.3 Å². The number of hydrogen-bond donors (Lipinski definition) is 0. The lowest BCUT2D eigenvalue weighted by atomic mass is 10.1. The minimum absolute atomic E-state index is 0. The number of aromatic nitrogens is 1. The van der Waals surface area contributed by atoms with Crippen molar-refractivity contribution < 1.29 is 27.8 Å². The standard InChI is InChI=1S/C40H35Cl2F2N3O4.ClH/c1-27-20-28(21-36(42)40(27)51-38-14-13-34(23-45-38)50-25-30-4-2-3-5-35(30)41)7-15-39(48)47-18-16-46(17-19-47)24-29-6-8-31(37(44)22-29)26-49-33-11-9-32(43)10-12-33;/h2-15,20-23H,16-19,24-26H2,1H3;1H/b15-7+;. The second-order valence-corrected chi connectivity index (χ2v) is 12.9. The van der Waals surface area contributed by atoms with E-state index in [1.54, 1.807) is 47.5 Å². The summed E-state index contributed by atoms with van der Waals surface area (Å²) in [5.74, 6) is 1.07. The third-order valence-corrected chi connectivity index (χ3v) is 9.00. The molecule has 2 heterocycles. The molecule has 0 radical (unpaired) electrons. The summed E-state index contributed by atoms with van der Waals surface area (Å²) in [5, 5.41) is 1.03. The molecule has 0 unspecified atom stereocenters. The van der Waals surface area contributed by atoms with Crippen LogP contribution in [0.1, 0.15) is 27.8 Å². The predicted octanol–water partition coefficient (Wildman–Crippen LogP) is 9.70. The summed E-state index contributed by atoms with van der Waals surface area (Å²) in [6, 6.07) is 25.3. The molecule has 1 aliphatic heterocycles. The van der Waals surface area contributed by atoms with E-state index in [1.807, 2.05) is 43.3 Å². The summed E-state index contributed by atoms with van der Waals surface area (Å²) >= 11 is 12.8. The molecule has 1 aliphatic rings. The maximum atomic E-state index is 14.8. The Labute approximate surface area is 317 Å². The molecule has 1 saturated heterocycles. The smallest absolute Gasteiger partial charge is 0.246 e. The summed E-state index contributed by atoms with van der Waals surface area (Å²) in [5.41, 5.74) is 3.68. The number of carbonyl (C=O) groups is 1. The SMILES string of the molecule is Cc1cc(/C=C/C(=O)N2CCN(Cc3ccc(COc4ccc(F)cc4)c(F)c3)CC2)cc(Cl)c1Oc1ccc(OCc2ccccc2Cl)cn1.Cl. The lowest BCUT2D eigenvalue weighted by Gasteiger charge is -2.34. The normalized spacial score (nSPS) is 13.1. The Morgan fingerprint density at radius 1 is 0.827 bits per heavy atom. The summed E-state index contributed by atoms with van der Waals surface area (Å²) in [6.45, 7) is 5.24. The van der Waals surface area contributed by atoms with Crippen molar-refractivity contribution in [1.82, 2.24) is 14.8 Å². The van der Waals surface area contributed by atoms with Gasteiger partial charge in [0.25, 0.3) is 0 Å². The van der Waals surface area contributed by atoms with Gasteiger partial charge in [-0.05, 0) is 84.3 Å². The Morgan fingerprint density at radius 3 is 2.23 bits per heavy atom. The monoisotopic (exact) mass is 765 g/mol. The molecule has 1 aromatic heterocycles. The van der Waals surface area contributed by atoms with Crippen LogP contribution < -0.4 is 14.2 Å². The zero-order valence-corrected chi connectivity index (χ0v) is 30.6. The van der Waals surface area contributed by atoms with Crippen molar-refractivity contribution in [2.75, 3.05) is 26.2 Å². The number of carbonyl (C=O) groups excluding carboxylic acids is 1. The molecule has 4 aromatic carbocycles. The maximum absolute atomic E-state index is 14.8. The van der Waals surface area contributed by atoms with Gasteiger partial charge in [-0.3, -0.25) is 9.69 Å². The molecule has 0 bridgehead atoms. The van der Waals surface area contributed by atoms with Crippen LogP contribution in [-0.4, -0.2) is 46.9 Å². The predicted molar refractivity (Wildman–Crippen MR) is 202 cm³/mol. The molecule has 52 heavy (non-hydrogen) atoms. The highest BCUT2D eigenvalue weighted by Crippen LogP contribution is 2.34. The molecule has 0 saturated carbocycles. The largest absolute Gasteiger partial charge is 0.489 e. The highest BCUT2D eigenvalue weighted by Gasteiger charge is 2.20. The lowest BCUT2D eigenvalue weighted by Crippen LogP contribution is -2.47. The Hall–Kier alpha value is -4.67. The lowest BCUT2D eigenvalue weighted by molar-refractivity contribution is -0.127. The first-order valence-electron chi connectivity index (χ1n) is 16.4. The van der Waals surface area contributed by atoms with E-state index in [0.717, 1.165) is 22.3 Å². The van der Waals surface area contributed by atoms with Gasteiger partial charge in [-0.2, -0.15) is 0 Å². The number of ether oxygens (including phenoxy) is 3. The number of amides is 1. The second kappa shape index (κ2) is 18.2. The van der Waals surface area contributed by atoms with Crippen LogP contribution in [0.5, 0.6) is 23.1 Å². The van der Waals surface area contributed by atoms with Crippen molar-refractivity contribution in [2.24, 2.45) is 0 Å². The van der Waals surface area contributed by atoms with E-state index in [4.69, 9.17) is 37.4 Å². The van der Waals surface area contributed by atoms with Gasteiger partial charge < -0.3 is 19.1 Å². The minimum Gasteiger partial charge on any atom is -0.489 e. The number of nitrogens with zero attached hydrogens (tertiary/aromatic N) is 3. The van der Waals surface area contributed by atoms with Gasteiger partial charge >= 0.3 is 0 Å². The van der Waals surface area contributed by atoms with Crippen LogP contribution in [0.2, 0.25) is 10.0 Å². The van der Waals surface area contributed by atoms with Crippen LogP contribution in [-0.2, 0) is 24.6 Å². The maximum Gasteiger partial charge on any atom is 0.246 e. The number of halogens is 5. The van der Waals surface area contributed by atoms with Crippen LogP contribution in [0.3, 0.4) is 0 Å². The molecule has 0 atom stereocenters. The van der Waals surface area contributed by atoms with Crippen LogP contribution in [0, 0.1) is 18.6 Å². The molecule has 0 aliphatic carbocycles. The molecular weight excluding hydrogens is 731 g/mol. The fraction of sp³-hybridized carbons (Fsp3) is 0.200. The quantitative estimate of drug-likeness (QED) is 0.118. The Bertz CT molecular complexity index is 1980. The minimum atomic E-state index is -0.357. The van der Waals surface area contributed by atoms with Crippen molar-refractivity contribution in [3.8, 4) is 23.1 Å². The molecule has 0 N–H and O–H groups in total.